The highest BCUT2D eigenvalue weighted by Crippen LogP contribution is 2.32. The van der Waals surface area contributed by atoms with Crippen molar-refractivity contribution in [1.82, 2.24) is 14.8 Å². The number of aromatic amines is 1. The lowest BCUT2D eigenvalue weighted by Crippen LogP contribution is -2.40. The topological polar surface area (TPSA) is 101 Å². The molecule has 41 heavy (non-hydrogen) atoms. The molecule has 0 unspecified atom stereocenters. The van der Waals surface area contributed by atoms with Crippen molar-refractivity contribution < 1.29 is 9.53 Å². The van der Waals surface area contributed by atoms with Crippen LogP contribution in [0, 0.1) is 6.92 Å². The van der Waals surface area contributed by atoms with E-state index >= 15 is 0 Å². The molecule has 6 rings (SSSR count). The molecule has 0 bridgehead atoms. The minimum atomic E-state index is -0.679. The number of hydrogen-bond acceptors (Lipinski definition) is 6. The van der Waals surface area contributed by atoms with E-state index in [-0.39, 0.29) is 11.5 Å². The van der Waals surface area contributed by atoms with E-state index in [0.29, 0.717) is 32.0 Å². The first-order valence-electron chi connectivity index (χ1n) is 13.1. The van der Waals surface area contributed by atoms with E-state index in [1.165, 1.54) is 11.3 Å². The fourth-order valence-corrected chi connectivity index (χ4v) is 6.04. The van der Waals surface area contributed by atoms with Crippen LogP contribution in [0.1, 0.15) is 29.7 Å². The molecule has 3 aromatic carbocycles. The summed E-state index contributed by atoms with van der Waals surface area (Å²) >= 11 is 1.29. The Kier molecular flexibility index (Phi) is 6.94. The Balaban J connectivity index is 1.50. The summed E-state index contributed by atoms with van der Waals surface area (Å²) in [6, 6.07) is 24.2. The summed E-state index contributed by atoms with van der Waals surface area (Å²) in [6.45, 7) is 3.75. The molecule has 1 aliphatic heterocycles. The van der Waals surface area contributed by atoms with Crippen molar-refractivity contribution in [2.24, 2.45) is 4.99 Å². The van der Waals surface area contributed by atoms with Crippen LogP contribution in [-0.2, 0) is 4.79 Å². The van der Waals surface area contributed by atoms with Crippen molar-refractivity contribution >= 4 is 29.0 Å². The lowest BCUT2D eigenvalue weighted by molar-refractivity contribution is -0.113. The summed E-state index contributed by atoms with van der Waals surface area (Å²) in [5, 5.41) is 10.3. The van der Waals surface area contributed by atoms with Crippen molar-refractivity contribution in [3.05, 3.63) is 133 Å². The van der Waals surface area contributed by atoms with Crippen LogP contribution in [0.2, 0.25) is 0 Å². The van der Waals surface area contributed by atoms with Gasteiger partial charge in [-0.05, 0) is 49.2 Å². The van der Waals surface area contributed by atoms with Gasteiger partial charge < -0.3 is 10.1 Å². The third-order valence-electron chi connectivity index (χ3n) is 7.11. The smallest absolute Gasteiger partial charge is 0.271 e. The molecule has 1 atom stereocenters. The number of aryl methyl sites for hydroxylation is 1. The van der Waals surface area contributed by atoms with Crippen molar-refractivity contribution in [1.29, 1.82) is 0 Å². The van der Waals surface area contributed by atoms with E-state index < -0.39 is 6.04 Å². The number of thiazole rings is 1. The number of carbonyl (C=O) groups excluding carboxylic acids is 1. The van der Waals surface area contributed by atoms with Gasteiger partial charge in [-0.3, -0.25) is 19.3 Å². The predicted molar refractivity (Wildman–Crippen MR) is 161 cm³/mol. The molecule has 1 aliphatic rings. The van der Waals surface area contributed by atoms with Gasteiger partial charge in [0.1, 0.15) is 5.75 Å². The van der Waals surface area contributed by atoms with Crippen molar-refractivity contribution in [3.63, 3.8) is 0 Å². The number of hydrogen-bond donors (Lipinski definition) is 2. The number of para-hydroxylation sites is 1. The first-order valence-corrected chi connectivity index (χ1v) is 13.9. The summed E-state index contributed by atoms with van der Waals surface area (Å²) in [6.07, 6.45) is 3.53. The number of nitrogens with one attached hydrogen (secondary N) is 2. The number of nitrogens with zero attached hydrogens (tertiary/aromatic N) is 3. The molecular formula is C32H27N5O3S. The van der Waals surface area contributed by atoms with E-state index in [2.05, 4.69) is 15.5 Å². The number of H-pyrrole nitrogens is 1. The van der Waals surface area contributed by atoms with Gasteiger partial charge in [0.15, 0.2) is 4.80 Å². The van der Waals surface area contributed by atoms with Gasteiger partial charge in [0, 0.05) is 16.8 Å². The van der Waals surface area contributed by atoms with Crippen LogP contribution in [-0.4, -0.2) is 27.8 Å². The Bertz CT molecular complexity index is 1970. The van der Waals surface area contributed by atoms with E-state index in [4.69, 9.17) is 9.73 Å². The number of aromatic nitrogens is 3. The fourth-order valence-electron chi connectivity index (χ4n) is 5.00. The lowest BCUT2D eigenvalue weighted by Gasteiger charge is -2.25. The van der Waals surface area contributed by atoms with Crippen LogP contribution in [0.3, 0.4) is 0 Å². The Morgan fingerprint density at radius 3 is 2.49 bits per heavy atom. The van der Waals surface area contributed by atoms with Gasteiger partial charge in [-0.2, -0.15) is 5.10 Å². The highest BCUT2D eigenvalue weighted by atomic mass is 32.1. The van der Waals surface area contributed by atoms with Crippen LogP contribution >= 0.6 is 11.3 Å². The van der Waals surface area contributed by atoms with Gasteiger partial charge in [-0.15, -0.1) is 0 Å². The Morgan fingerprint density at radius 2 is 1.76 bits per heavy atom. The molecular weight excluding hydrogens is 534 g/mol. The molecule has 1 amide bonds. The third kappa shape index (κ3) is 4.92. The highest BCUT2D eigenvalue weighted by molar-refractivity contribution is 7.07. The molecule has 0 saturated heterocycles. The zero-order valence-electron chi connectivity index (χ0n) is 22.7. The second-order valence-electron chi connectivity index (χ2n) is 9.69. The van der Waals surface area contributed by atoms with Crippen LogP contribution in [0.25, 0.3) is 17.3 Å². The number of fused-ring (bicyclic) bond motifs is 1. The van der Waals surface area contributed by atoms with Gasteiger partial charge in [0.05, 0.1) is 40.8 Å². The number of methoxy groups -OCH3 is 1. The molecule has 2 aromatic heterocycles. The quantitative estimate of drug-likeness (QED) is 0.317. The van der Waals surface area contributed by atoms with Gasteiger partial charge in [0.25, 0.3) is 11.5 Å². The summed E-state index contributed by atoms with van der Waals surface area (Å²) in [4.78, 5) is 33.2. The SMILES string of the molecule is COc1ccc([C@H]2C(C(=O)Nc3ccccc3C)=C(C)N=c3sc(=Cc4cn[nH]c4-c4ccccc4)c(=O)n32)cc1. The Labute approximate surface area is 240 Å². The summed E-state index contributed by atoms with van der Waals surface area (Å²) in [7, 11) is 1.60. The molecule has 0 saturated carbocycles. The number of benzene rings is 3. The van der Waals surface area contributed by atoms with Crippen LogP contribution in [0.15, 0.2) is 106 Å². The number of amides is 1. The molecule has 3 heterocycles. The Morgan fingerprint density at radius 1 is 1.02 bits per heavy atom. The number of carbonyl (C=O) groups is 1. The maximum Gasteiger partial charge on any atom is 0.271 e. The molecule has 0 aliphatic carbocycles. The Hall–Kier alpha value is -5.02. The zero-order valence-corrected chi connectivity index (χ0v) is 23.5. The number of allylic oxidation sites excluding steroid dienone is 1. The maximum atomic E-state index is 14.1. The largest absolute Gasteiger partial charge is 0.497 e. The average Bonchev–Trinajstić information content (AvgIpc) is 3.58. The van der Waals surface area contributed by atoms with E-state index in [9.17, 15) is 9.59 Å². The fraction of sp³-hybridized carbons (Fsp3) is 0.125. The van der Waals surface area contributed by atoms with Crippen molar-refractivity contribution in [2.45, 2.75) is 19.9 Å². The predicted octanol–water partition coefficient (Wildman–Crippen LogP) is 4.58. The molecule has 0 fully saturated rings. The maximum absolute atomic E-state index is 14.1. The van der Waals surface area contributed by atoms with Gasteiger partial charge in [0.2, 0.25) is 0 Å². The van der Waals surface area contributed by atoms with E-state index in [1.807, 2.05) is 98.8 Å². The average molecular weight is 562 g/mol. The molecule has 0 radical (unpaired) electrons. The molecule has 5 aromatic rings. The first-order chi connectivity index (χ1) is 19.9. The monoisotopic (exact) mass is 561 g/mol. The second-order valence-corrected chi connectivity index (χ2v) is 10.7. The molecule has 204 valence electrons. The molecule has 9 heteroatoms. The number of ether oxygens (including phenoxy) is 1. The van der Waals surface area contributed by atoms with Gasteiger partial charge >= 0.3 is 0 Å². The summed E-state index contributed by atoms with van der Waals surface area (Å²) in [5.74, 6) is 0.373. The van der Waals surface area contributed by atoms with E-state index in [1.54, 1.807) is 17.9 Å². The second kappa shape index (κ2) is 10.9. The summed E-state index contributed by atoms with van der Waals surface area (Å²) in [5.41, 5.74) is 5.71. The standard InChI is InChI=1S/C32H27N5O3S/c1-19-9-7-8-12-25(19)35-30(38)27-20(2)34-32-37(29(27)22-13-15-24(40-3)16-14-22)31(39)26(41-32)17-23-18-33-36-28(23)21-10-5-4-6-11-21/h4-18,29H,1-3H3,(H,33,36)(H,35,38)/t29-/m0/s1. The first kappa shape index (κ1) is 26.2. The zero-order chi connectivity index (χ0) is 28.5. The van der Waals surface area contributed by atoms with Gasteiger partial charge in [-0.1, -0.05) is 72.0 Å². The molecule has 8 nitrogen and oxygen atoms in total. The summed E-state index contributed by atoms with van der Waals surface area (Å²) < 4.78 is 7.46. The number of rotatable bonds is 6. The van der Waals surface area contributed by atoms with Crippen LogP contribution in [0.5, 0.6) is 5.75 Å². The normalized spacial score (nSPS) is 14.9. The molecule has 2 N–H and O–H groups in total. The van der Waals surface area contributed by atoms with Crippen LogP contribution in [0.4, 0.5) is 5.69 Å². The minimum Gasteiger partial charge on any atom is -0.497 e. The van der Waals surface area contributed by atoms with E-state index in [0.717, 1.165) is 27.9 Å². The van der Waals surface area contributed by atoms with Crippen molar-refractivity contribution in [2.75, 3.05) is 12.4 Å². The highest BCUT2D eigenvalue weighted by Gasteiger charge is 2.32. The minimum absolute atomic E-state index is 0.233. The van der Waals surface area contributed by atoms with Crippen molar-refractivity contribution in [3.8, 4) is 17.0 Å². The van der Waals surface area contributed by atoms with Crippen LogP contribution < -0.4 is 24.9 Å². The number of anilines is 1. The molecule has 0 spiro atoms. The lowest BCUT2D eigenvalue weighted by atomic mass is 9.95. The van der Waals surface area contributed by atoms with Gasteiger partial charge in [-0.25, -0.2) is 4.99 Å². The third-order valence-corrected chi connectivity index (χ3v) is 8.09.